The Morgan fingerprint density at radius 2 is 0.917 bits per heavy atom. The van der Waals surface area contributed by atoms with E-state index in [9.17, 15) is 55.7 Å². The molecule has 21 heteroatoms. The predicted molar refractivity (Wildman–Crippen MR) is 182 cm³/mol. The van der Waals surface area contributed by atoms with Crippen molar-refractivity contribution in [3.8, 4) is 11.5 Å². The van der Waals surface area contributed by atoms with Crippen molar-refractivity contribution in [2.24, 2.45) is 0 Å². The van der Waals surface area contributed by atoms with Crippen molar-refractivity contribution in [2.45, 2.75) is 62.1 Å². The Morgan fingerprint density at radius 1 is 0.500 bits per heavy atom. The Hall–Kier alpha value is -5.96. The smallest absolute Gasteiger partial charge is 0.421 e. The summed E-state index contributed by atoms with van der Waals surface area (Å²) < 4.78 is 180. The highest BCUT2D eigenvalue weighted by Gasteiger charge is 2.73. The van der Waals surface area contributed by atoms with Crippen LogP contribution in [0.5, 0.6) is 11.5 Å². The van der Waals surface area contributed by atoms with E-state index in [0.29, 0.717) is 42.2 Å². The number of aliphatic hydroxyl groups is 2. The van der Waals surface area contributed by atoms with Crippen molar-refractivity contribution in [3.05, 3.63) is 123 Å². The Morgan fingerprint density at radius 3 is 1.40 bits per heavy atom. The molecule has 2 aliphatic rings. The first-order chi connectivity index (χ1) is 27.3. The van der Waals surface area contributed by atoms with E-state index >= 15 is 26.3 Å². The van der Waals surface area contributed by atoms with Gasteiger partial charge in [-0.2, -0.15) is 52.7 Å². The molecule has 4 aromatic carbocycles. The molecule has 0 aromatic heterocycles. The van der Waals surface area contributed by atoms with E-state index in [-0.39, 0.29) is 41.3 Å². The second kappa shape index (κ2) is 13.5. The van der Waals surface area contributed by atoms with Gasteiger partial charge in [0.15, 0.2) is 11.2 Å². The standard InChI is InChI=1S/C39H26F12N2O7/c1-17-13-20(7-11-26(17)33(2,58)36(40,41)42)60-21-8-12-28(27(16-21)34(3,59)37(43,44)45)53-31(56)23-10-6-19(15-25(23)32(53)57)35(38(46,47)48,39(49,50)51)18-5-9-22-24(14-18)30(55)52(4)29(22)54/h5-16,58-59H,1-4H3. The van der Waals surface area contributed by atoms with Gasteiger partial charge in [-0.15, -0.1) is 0 Å². The van der Waals surface area contributed by atoms with Crippen LogP contribution in [0.25, 0.3) is 0 Å². The average Bonchev–Trinajstić information content (AvgIpc) is 3.48. The first kappa shape index (κ1) is 43.6. The predicted octanol–water partition coefficient (Wildman–Crippen LogP) is 8.76. The van der Waals surface area contributed by atoms with Gasteiger partial charge in [0.05, 0.1) is 27.9 Å². The maximum atomic E-state index is 15.1. The second-order valence-electron chi connectivity index (χ2n) is 14.3. The highest BCUT2D eigenvalue weighted by atomic mass is 19.4. The molecule has 0 aliphatic carbocycles. The lowest BCUT2D eigenvalue weighted by molar-refractivity contribution is -0.288. The summed E-state index contributed by atoms with van der Waals surface area (Å²) in [5.41, 5.74) is -22.1. The number of hydrogen-bond acceptors (Lipinski definition) is 7. The van der Waals surface area contributed by atoms with Crippen molar-refractivity contribution in [3.63, 3.8) is 0 Å². The van der Waals surface area contributed by atoms with E-state index in [1.807, 2.05) is 0 Å². The minimum absolute atomic E-state index is 0.0235. The lowest BCUT2D eigenvalue weighted by atomic mass is 9.71. The molecule has 0 spiro atoms. The van der Waals surface area contributed by atoms with E-state index in [1.54, 1.807) is 0 Å². The third-order valence-corrected chi connectivity index (χ3v) is 10.5. The maximum Gasteiger partial charge on any atom is 0.421 e. The van der Waals surface area contributed by atoms with Crippen molar-refractivity contribution in [1.29, 1.82) is 0 Å². The van der Waals surface area contributed by atoms with Crippen LogP contribution in [0, 0.1) is 6.92 Å². The number of nitrogens with zero attached hydrogens (tertiary/aromatic N) is 2. The zero-order valence-electron chi connectivity index (χ0n) is 30.8. The highest BCUT2D eigenvalue weighted by Crippen LogP contribution is 2.57. The fourth-order valence-corrected chi connectivity index (χ4v) is 7.12. The molecule has 0 fully saturated rings. The molecule has 2 N–H and O–H groups in total. The number of alkyl halides is 12. The lowest BCUT2D eigenvalue weighted by Crippen LogP contribution is -2.55. The summed E-state index contributed by atoms with van der Waals surface area (Å²) in [6.45, 7) is 1.82. The molecule has 2 heterocycles. The molecule has 2 atom stereocenters. The van der Waals surface area contributed by atoms with E-state index in [0.717, 1.165) is 38.2 Å². The number of carbonyl (C=O) groups excluding carboxylic acids is 4. The lowest BCUT2D eigenvalue weighted by Gasteiger charge is -2.38. The Bertz CT molecular complexity index is 2490. The van der Waals surface area contributed by atoms with Gasteiger partial charge in [0.2, 0.25) is 5.41 Å². The number of carbonyl (C=O) groups is 4. The molecule has 0 radical (unpaired) electrons. The van der Waals surface area contributed by atoms with Crippen LogP contribution in [0.1, 0.15) is 83.1 Å². The van der Waals surface area contributed by atoms with E-state index in [4.69, 9.17) is 4.74 Å². The van der Waals surface area contributed by atoms with E-state index < -0.39 is 121 Å². The van der Waals surface area contributed by atoms with Crippen molar-refractivity contribution < 1.29 is 86.8 Å². The third kappa shape index (κ3) is 6.36. The molecule has 2 unspecified atom stereocenters. The fourth-order valence-electron chi connectivity index (χ4n) is 7.12. The number of amides is 4. The number of imide groups is 2. The Balaban J connectivity index is 1.47. The minimum Gasteiger partial charge on any atom is -0.457 e. The van der Waals surface area contributed by atoms with Crippen molar-refractivity contribution >= 4 is 29.3 Å². The van der Waals surface area contributed by atoms with Gasteiger partial charge in [-0.3, -0.25) is 24.1 Å². The van der Waals surface area contributed by atoms with Gasteiger partial charge in [0, 0.05) is 12.6 Å². The largest absolute Gasteiger partial charge is 0.457 e. The van der Waals surface area contributed by atoms with Crippen molar-refractivity contribution in [2.75, 3.05) is 11.9 Å². The van der Waals surface area contributed by atoms with E-state index in [2.05, 4.69) is 0 Å². The van der Waals surface area contributed by atoms with Gasteiger partial charge in [-0.25, -0.2) is 4.90 Å². The Kier molecular flexibility index (Phi) is 9.83. The number of anilines is 1. The van der Waals surface area contributed by atoms with Crippen LogP contribution in [0.2, 0.25) is 0 Å². The minimum atomic E-state index is -6.31. The number of aryl methyl sites for hydroxylation is 1. The first-order valence-corrected chi connectivity index (χ1v) is 17.0. The molecular formula is C39H26F12N2O7. The Labute approximate surface area is 329 Å². The molecule has 318 valence electrons. The summed E-state index contributed by atoms with van der Waals surface area (Å²) in [5, 5.41) is 20.9. The maximum absolute atomic E-state index is 15.1. The summed E-state index contributed by atoms with van der Waals surface area (Å²) in [5.74, 6) is -6.37. The van der Waals surface area contributed by atoms with Gasteiger partial charge in [0.25, 0.3) is 23.6 Å². The number of hydrogen-bond donors (Lipinski definition) is 2. The summed E-state index contributed by atoms with van der Waals surface area (Å²) in [6.07, 6.45) is -23.3. The van der Waals surface area contributed by atoms with E-state index in [1.165, 1.54) is 0 Å². The zero-order valence-corrected chi connectivity index (χ0v) is 30.8. The molecular weight excluding hydrogens is 836 g/mol. The summed E-state index contributed by atoms with van der Waals surface area (Å²) in [6, 6.07) is 6.50. The normalized spacial score (nSPS) is 17.2. The summed E-state index contributed by atoms with van der Waals surface area (Å²) >= 11 is 0. The average molecular weight is 863 g/mol. The van der Waals surface area contributed by atoms with Crippen LogP contribution in [0.3, 0.4) is 0 Å². The van der Waals surface area contributed by atoms with Crippen LogP contribution >= 0.6 is 0 Å². The van der Waals surface area contributed by atoms with Crippen LogP contribution < -0.4 is 9.64 Å². The van der Waals surface area contributed by atoms with Crippen molar-refractivity contribution in [1.82, 2.24) is 4.90 Å². The second-order valence-corrected chi connectivity index (χ2v) is 14.3. The molecule has 0 saturated heterocycles. The molecule has 60 heavy (non-hydrogen) atoms. The van der Waals surface area contributed by atoms with Gasteiger partial charge in [0.1, 0.15) is 11.5 Å². The van der Waals surface area contributed by atoms with Gasteiger partial charge < -0.3 is 14.9 Å². The quantitative estimate of drug-likeness (QED) is 0.141. The summed E-state index contributed by atoms with van der Waals surface area (Å²) in [7, 11) is 0.941. The molecule has 0 saturated carbocycles. The molecule has 0 bridgehead atoms. The van der Waals surface area contributed by atoms with Crippen LogP contribution in [-0.4, -0.2) is 70.5 Å². The molecule has 2 aliphatic heterocycles. The molecule has 6 rings (SSSR count). The number of fused-ring (bicyclic) bond motifs is 2. The summed E-state index contributed by atoms with van der Waals surface area (Å²) in [4.78, 5) is 53.0. The molecule has 9 nitrogen and oxygen atoms in total. The van der Waals surface area contributed by atoms with Gasteiger partial charge >= 0.3 is 24.7 Å². The third-order valence-electron chi connectivity index (χ3n) is 10.5. The zero-order chi connectivity index (χ0) is 45.1. The van der Waals surface area contributed by atoms with Gasteiger partial charge in [-0.1, -0.05) is 18.2 Å². The van der Waals surface area contributed by atoms with Gasteiger partial charge in [-0.05, 0) is 97.6 Å². The fraction of sp³-hybridized carbons (Fsp3) is 0.282. The van der Waals surface area contributed by atoms with Crippen LogP contribution in [-0.2, 0) is 16.6 Å². The number of ether oxygens (including phenoxy) is 1. The number of rotatable bonds is 7. The number of halogens is 12. The topological polar surface area (TPSA) is 124 Å². The van der Waals surface area contributed by atoms with Crippen LogP contribution in [0.4, 0.5) is 58.4 Å². The molecule has 4 aromatic rings. The monoisotopic (exact) mass is 862 g/mol. The molecule has 4 amide bonds. The SMILES string of the molecule is Cc1cc(Oc2ccc(N3C(=O)c4ccc(C(c5ccc6c(c5)C(=O)N(C)C6=O)(C(F)(F)F)C(F)(F)F)cc4C3=O)c(C(C)(O)C(F)(F)F)c2)ccc1C(C)(O)C(F)(F)F. The highest BCUT2D eigenvalue weighted by molar-refractivity contribution is 6.34. The first-order valence-electron chi connectivity index (χ1n) is 17.0. The van der Waals surface area contributed by atoms with Crippen LogP contribution in [0.15, 0.2) is 72.8 Å². The number of benzene rings is 4.